The first-order chi connectivity index (χ1) is 8.04. The van der Waals surface area contributed by atoms with Crippen LogP contribution in [0.25, 0.3) is 0 Å². The molecule has 0 aromatic carbocycles. The van der Waals surface area contributed by atoms with E-state index in [4.69, 9.17) is 4.74 Å². The van der Waals surface area contributed by atoms with Gasteiger partial charge < -0.3 is 14.8 Å². The van der Waals surface area contributed by atoms with Crippen LogP contribution >= 0.6 is 0 Å². The van der Waals surface area contributed by atoms with E-state index in [1.807, 2.05) is 0 Å². The Morgan fingerprint density at radius 2 is 2.29 bits per heavy atom. The molecular weight excluding hydrogens is 222 g/mol. The smallest absolute Gasteiger partial charge is 0.328 e. The predicted molar refractivity (Wildman–Crippen MR) is 62.4 cm³/mol. The third kappa shape index (κ3) is 4.19. The molecule has 1 heterocycles. The van der Waals surface area contributed by atoms with Gasteiger partial charge >= 0.3 is 5.97 Å². The molecular formula is C12H19NO4. The monoisotopic (exact) mass is 241 g/mol. The van der Waals surface area contributed by atoms with Crippen molar-refractivity contribution in [3.63, 3.8) is 0 Å². The Balaban J connectivity index is 2.55. The summed E-state index contributed by atoms with van der Waals surface area (Å²) in [6.07, 6.45) is 1.52. The zero-order valence-electron chi connectivity index (χ0n) is 10.3. The van der Waals surface area contributed by atoms with E-state index in [-0.39, 0.29) is 5.91 Å². The van der Waals surface area contributed by atoms with Crippen LogP contribution in [0.5, 0.6) is 0 Å². The van der Waals surface area contributed by atoms with E-state index in [2.05, 4.69) is 16.6 Å². The molecule has 2 atom stereocenters. The topological polar surface area (TPSA) is 64.6 Å². The van der Waals surface area contributed by atoms with Crippen molar-refractivity contribution in [2.75, 3.05) is 13.7 Å². The first-order valence-electron chi connectivity index (χ1n) is 5.68. The Hall–Kier alpha value is -1.36. The second kappa shape index (κ2) is 6.39. The Morgan fingerprint density at radius 1 is 1.59 bits per heavy atom. The van der Waals surface area contributed by atoms with E-state index in [0.717, 1.165) is 12.0 Å². The fourth-order valence-corrected chi connectivity index (χ4v) is 1.73. The number of hydrogen-bond donors (Lipinski definition) is 1. The average molecular weight is 241 g/mol. The van der Waals surface area contributed by atoms with Gasteiger partial charge in [-0.2, -0.15) is 0 Å². The first-order valence-corrected chi connectivity index (χ1v) is 5.68. The highest BCUT2D eigenvalue weighted by atomic mass is 16.5. The van der Waals surface area contributed by atoms with Crippen molar-refractivity contribution < 1.29 is 19.1 Å². The Kier molecular flexibility index (Phi) is 5.15. The van der Waals surface area contributed by atoms with E-state index >= 15 is 0 Å². The van der Waals surface area contributed by atoms with E-state index in [1.165, 1.54) is 7.11 Å². The van der Waals surface area contributed by atoms with Gasteiger partial charge in [-0.25, -0.2) is 4.79 Å². The minimum atomic E-state index is -0.672. The Labute approximate surface area is 101 Å². The van der Waals surface area contributed by atoms with Crippen LogP contribution in [0, 0.1) is 0 Å². The number of rotatable bonds is 5. The highest BCUT2D eigenvalue weighted by Gasteiger charge is 2.28. The van der Waals surface area contributed by atoms with Gasteiger partial charge in [-0.05, 0) is 26.2 Å². The van der Waals surface area contributed by atoms with Gasteiger partial charge in [0.2, 0.25) is 5.91 Å². The molecule has 1 amide bonds. The van der Waals surface area contributed by atoms with Crippen molar-refractivity contribution in [1.82, 2.24) is 5.32 Å². The molecule has 1 fully saturated rings. The van der Waals surface area contributed by atoms with E-state index in [9.17, 15) is 9.59 Å². The minimum absolute atomic E-state index is 0.251. The van der Waals surface area contributed by atoms with Crippen molar-refractivity contribution in [2.45, 2.75) is 38.3 Å². The summed E-state index contributed by atoms with van der Waals surface area (Å²) < 4.78 is 9.89. The van der Waals surface area contributed by atoms with Crippen LogP contribution in [0.3, 0.4) is 0 Å². The summed E-state index contributed by atoms with van der Waals surface area (Å²) in [5, 5.41) is 2.64. The summed E-state index contributed by atoms with van der Waals surface area (Å²) in [5.74, 6) is -0.710. The van der Waals surface area contributed by atoms with Crippen molar-refractivity contribution in [1.29, 1.82) is 0 Å². The van der Waals surface area contributed by atoms with Crippen LogP contribution in [0.4, 0.5) is 0 Å². The van der Waals surface area contributed by atoms with Gasteiger partial charge in [0, 0.05) is 6.61 Å². The van der Waals surface area contributed by atoms with Gasteiger partial charge in [-0.3, -0.25) is 4.79 Å². The van der Waals surface area contributed by atoms with Crippen molar-refractivity contribution in [2.24, 2.45) is 0 Å². The van der Waals surface area contributed by atoms with E-state index < -0.39 is 18.1 Å². The molecule has 0 aromatic heterocycles. The summed E-state index contributed by atoms with van der Waals surface area (Å²) >= 11 is 0. The zero-order valence-corrected chi connectivity index (χ0v) is 10.3. The number of amides is 1. The van der Waals surface area contributed by atoms with Crippen LogP contribution in [0.1, 0.15) is 26.2 Å². The highest BCUT2D eigenvalue weighted by molar-refractivity contribution is 5.87. The number of esters is 1. The molecule has 1 aliphatic rings. The fraction of sp³-hybridized carbons (Fsp3) is 0.667. The van der Waals surface area contributed by atoms with Gasteiger partial charge in [0.25, 0.3) is 0 Å². The lowest BCUT2D eigenvalue weighted by Crippen LogP contribution is -2.45. The molecule has 1 aliphatic heterocycles. The molecule has 5 heteroatoms. The number of hydrogen-bond acceptors (Lipinski definition) is 4. The Morgan fingerprint density at radius 3 is 2.76 bits per heavy atom. The predicted octanol–water partition coefficient (Wildman–Crippen LogP) is 0.789. The normalized spacial score (nSPS) is 20.7. The number of ether oxygens (including phenoxy) is 2. The maximum atomic E-state index is 11.8. The third-order valence-corrected chi connectivity index (χ3v) is 2.58. The molecule has 96 valence electrons. The molecule has 1 rings (SSSR count). The van der Waals surface area contributed by atoms with Gasteiger partial charge in [0.1, 0.15) is 12.1 Å². The molecule has 0 aromatic rings. The van der Waals surface area contributed by atoms with Gasteiger partial charge in [0.05, 0.1) is 7.11 Å². The van der Waals surface area contributed by atoms with Crippen LogP contribution in [0.15, 0.2) is 12.2 Å². The Bertz CT molecular complexity index is 308. The summed E-state index contributed by atoms with van der Waals surface area (Å²) in [6.45, 7) is 6.12. The van der Waals surface area contributed by atoms with Crippen LogP contribution in [-0.2, 0) is 19.1 Å². The lowest BCUT2D eigenvalue weighted by Gasteiger charge is -2.18. The fourth-order valence-electron chi connectivity index (χ4n) is 1.73. The quantitative estimate of drug-likeness (QED) is 0.571. The third-order valence-electron chi connectivity index (χ3n) is 2.58. The second-order valence-electron chi connectivity index (χ2n) is 4.25. The molecule has 0 spiro atoms. The highest BCUT2D eigenvalue weighted by Crippen LogP contribution is 2.13. The summed E-state index contributed by atoms with van der Waals surface area (Å²) in [4.78, 5) is 23.3. The van der Waals surface area contributed by atoms with E-state index in [0.29, 0.717) is 19.4 Å². The standard InChI is InChI=1S/C12H19NO4/c1-8(2)7-9(12(15)16-3)13-11(14)10-5-4-6-17-10/h9-10H,1,4-7H2,2-3H3,(H,13,14)/t9-,10+/m0/s1. The minimum Gasteiger partial charge on any atom is -0.467 e. The van der Waals surface area contributed by atoms with Crippen molar-refractivity contribution in [3.05, 3.63) is 12.2 Å². The number of nitrogens with one attached hydrogen (secondary N) is 1. The first kappa shape index (κ1) is 13.7. The number of carbonyl (C=O) groups is 2. The molecule has 5 nitrogen and oxygen atoms in total. The average Bonchev–Trinajstić information content (AvgIpc) is 2.79. The van der Waals surface area contributed by atoms with Crippen LogP contribution < -0.4 is 5.32 Å². The second-order valence-corrected chi connectivity index (χ2v) is 4.25. The molecule has 1 N–H and O–H groups in total. The van der Waals surface area contributed by atoms with Crippen molar-refractivity contribution in [3.8, 4) is 0 Å². The molecule has 17 heavy (non-hydrogen) atoms. The van der Waals surface area contributed by atoms with Crippen LogP contribution in [0.2, 0.25) is 0 Å². The lowest BCUT2D eigenvalue weighted by molar-refractivity contribution is -0.146. The molecule has 0 saturated carbocycles. The molecule has 0 bridgehead atoms. The van der Waals surface area contributed by atoms with Gasteiger partial charge in [0.15, 0.2) is 0 Å². The molecule has 0 aliphatic carbocycles. The number of carbonyl (C=O) groups excluding carboxylic acids is 2. The SMILES string of the molecule is C=C(C)C[C@H](NC(=O)[C@H]1CCCO1)C(=O)OC. The summed E-state index contributed by atoms with van der Waals surface area (Å²) in [7, 11) is 1.30. The maximum absolute atomic E-state index is 11.8. The maximum Gasteiger partial charge on any atom is 0.328 e. The summed E-state index contributed by atoms with van der Waals surface area (Å²) in [5.41, 5.74) is 0.813. The molecule has 0 unspecified atom stereocenters. The molecule has 1 saturated heterocycles. The molecule has 0 radical (unpaired) electrons. The number of methoxy groups -OCH3 is 1. The van der Waals surface area contributed by atoms with Gasteiger partial charge in [-0.1, -0.05) is 5.57 Å². The zero-order chi connectivity index (χ0) is 12.8. The van der Waals surface area contributed by atoms with Gasteiger partial charge in [-0.15, -0.1) is 6.58 Å². The van der Waals surface area contributed by atoms with Crippen molar-refractivity contribution >= 4 is 11.9 Å². The summed E-state index contributed by atoms with van der Waals surface area (Å²) in [6, 6.07) is -0.672. The van der Waals surface area contributed by atoms with E-state index in [1.54, 1.807) is 6.92 Å². The van der Waals surface area contributed by atoms with Crippen LogP contribution in [-0.4, -0.2) is 37.7 Å². The lowest BCUT2D eigenvalue weighted by atomic mass is 10.1. The largest absolute Gasteiger partial charge is 0.467 e.